The Balaban J connectivity index is 2.97. The molecule has 0 aromatic rings. The summed E-state index contributed by atoms with van der Waals surface area (Å²) in [7, 11) is 0. The van der Waals surface area contributed by atoms with Crippen LogP contribution >= 0.6 is 0 Å². The molecule has 0 aromatic heterocycles. The summed E-state index contributed by atoms with van der Waals surface area (Å²) in [5.41, 5.74) is 13.6. The summed E-state index contributed by atoms with van der Waals surface area (Å²) in [6, 6.07) is 0. The maximum absolute atomic E-state index is 5.64. The van der Waals surface area contributed by atoms with Gasteiger partial charge in [-0.3, -0.25) is 0 Å². The quantitative estimate of drug-likeness (QED) is 0.476. The third kappa shape index (κ3) is 1.49. The Kier molecular flexibility index (Phi) is 2.53. The minimum atomic E-state index is 0.473. The van der Waals surface area contributed by atoms with Gasteiger partial charge >= 0.3 is 0 Å². The molecule has 0 unspecified atom stereocenters. The lowest BCUT2D eigenvalue weighted by molar-refractivity contribution is 0.672. The van der Waals surface area contributed by atoms with E-state index >= 15 is 0 Å². The van der Waals surface area contributed by atoms with Gasteiger partial charge < -0.3 is 11.5 Å². The molecule has 0 aromatic carbocycles. The topological polar surface area (TPSA) is 64.4 Å². The summed E-state index contributed by atoms with van der Waals surface area (Å²) in [6.07, 6.45) is 3.37. The van der Waals surface area contributed by atoms with Crippen molar-refractivity contribution in [1.82, 2.24) is 0 Å². The zero-order valence-electron chi connectivity index (χ0n) is 7.38. The predicted octanol–water partition coefficient (Wildman–Crippen LogP) is 1.13. The number of hydrogen-bond acceptors (Lipinski definition) is 2. The van der Waals surface area contributed by atoms with Gasteiger partial charge in [-0.15, -0.1) is 0 Å². The Morgan fingerprint density at radius 1 is 1.75 bits per heavy atom. The van der Waals surface area contributed by atoms with Gasteiger partial charge in [-0.1, -0.05) is 13.5 Å². The lowest BCUT2D eigenvalue weighted by Crippen LogP contribution is -2.04. The van der Waals surface area contributed by atoms with Crippen molar-refractivity contribution in [2.75, 3.05) is 0 Å². The first-order chi connectivity index (χ1) is 5.66. The summed E-state index contributed by atoms with van der Waals surface area (Å²) >= 11 is 0. The Morgan fingerprint density at radius 3 is 2.92 bits per heavy atom. The van der Waals surface area contributed by atoms with Crippen molar-refractivity contribution in [2.24, 2.45) is 22.4 Å². The molecule has 0 radical (unpaired) electrons. The number of rotatable bonds is 2. The van der Waals surface area contributed by atoms with E-state index in [1.165, 1.54) is 6.34 Å². The van der Waals surface area contributed by atoms with Gasteiger partial charge in [-0.25, -0.2) is 4.99 Å². The summed E-state index contributed by atoms with van der Waals surface area (Å²) in [4.78, 5) is 4.07. The van der Waals surface area contributed by atoms with Gasteiger partial charge in [-0.05, 0) is 24.3 Å². The highest BCUT2D eigenvalue weighted by molar-refractivity contribution is 5.55. The zero-order valence-corrected chi connectivity index (χ0v) is 7.38. The number of allylic oxidation sites excluding steroid dienone is 2. The van der Waals surface area contributed by atoms with Crippen LogP contribution in [-0.4, -0.2) is 6.34 Å². The smallest absolute Gasteiger partial charge is 0.0856 e. The summed E-state index contributed by atoms with van der Waals surface area (Å²) in [6.45, 7) is 5.86. The van der Waals surface area contributed by atoms with Crippen molar-refractivity contribution in [3.63, 3.8) is 0 Å². The van der Waals surface area contributed by atoms with Gasteiger partial charge in [0.1, 0.15) is 0 Å². The number of nitrogens with two attached hydrogens (primary N) is 2. The molecule has 1 aliphatic rings. The molecule has 66 valence electrons. The molecular weight excluding hydrogens is 150 g/mol. The SMILES string of the molecule is C=C(N)C1=C(/N=C\N)CC[C@H]1C. The van der Waals surface area contributed by atoms with Crippen LogP contribution in [0.4, 0.5) is 0 Å². The fourth-order valence-corrected chi connectivity index (χ4v) is 1.64. The van der Waals surface area contributed by atoms with Crippen LogP contribution in [0.1, 0.15) is 19.8 Å². The lowest BCUT2D eigenvalue weighted by atomic mass is 10.0. The molecule has 3 heteroatoms. The maximum atomic E-state index is 5.64. The van der Waals surface area contributed by atoms with Crippen molar-refractivity contribution in [3.8, 4) is 0 Å². The van der Waals surface area contributed by atoms with Crippen molar-refractivity contribution in [1.29, 1.82) is 0 Å². The molecule has 0 saturated heterocycles. The van der Waals surface area contributed by atoms with Gasteiger partial charge in [0.15, 0.2) is 0 Å². The minimum Gasteiger partial charge on any atom is -0.399 e. The van der Waals surface area contributed by atoms with E-state index in [0.717, 1.165) is 24.1 Å². The standard InChI is InChI=1S/C9H15N3/c1-6-3-4-8(12-5-10)9(6)7(2)11/h5-6H,2-4,11H2,1H3,(H2,10,12)/t6-/m1/s1. The van der Waals surface area contributed by atoms with E-state index in [0.29, 0.717) is 11.6 Å². The van der Waals surface area contributed by atoms with Crippen LogP contribution < -0.4 is 11.5 Å². The van der Waals surface area contributed by atoms with Crippen molar-refractivity contribution < 1.29 is 0 Å². The Hall–Kier alpha value is -1.25. The van der Waals surface area contributed by atoms with E-state index in [1.54, 1.807) is 0 Å². The summed E-state index contributed by atoms with van der Waals surface area (Å²) < 4.78 is 0. The molecule has 0 aliphatic heterocycles. The van der Waals surface area contributed by atoms with Crippen molar-refractivity contribution in [2.45, 2.75) is 19.8 Å². The van der Waals surface area contributed by atoms with E-state index < -0.39 is 0 Å². The first kappa shape index (κ1) is 8.84. The molecule has 1 rings (SSSR count). The molecule has 1 aliphatic carbocycles. The molecule has 0 saturated carbocycles. The molecule has 0 fully saturated rings. The average molecular weight is 165 g/mol. The monoisotopic (exact) mass is 165 g/mol. The fourth-order valence-electron chi connectivity index (χ4n) is 1.64. The summed E-state index contributed by atoms with van der Waals surface area (Å²) in [5.74, 6) is 0.473. The molecule has 12 heavy (non-hydrogen) atoms. The number of nitrogens with zero attached hydrogens (tertiary/aromatic N) is 1. The zero-order chi connectivity index (χ0) is 9.14. The second-order valence-corrected chi connectivity index (χ2v) is 3.10. The highest BCUT2D eigenvalue weighted by atomic mass is 14.8. The molecule has 0 spiro atoms. The van der Waals surface area contributed by atoms with Gasteiger partial charge in [0.25, 0.3) is 0 Å². The van der Waals surface area contributed by atoms with Gasteiger partial charge in [-0.2, -0.15) is 0 Å². The number of aliphatic imine (C=N–C) groups is 1. The molecule has 0 heterocycles. The van der Waals surface area contributed by atoms with E-state index in [2.05, 4.69) is 18.5 Å². The minimum absolute atomic E-state index is 0.473. The Bertz CT molecular complexity index is 250. The highest BCUT2D eigenvalue weighted by Crippen LogP contribution is 2.34. The first-order valence-corrected chi connectivity index (χ1v) is 4.09. The molecule has 1 atom stereocenters. The molecule has 4 N–H and O–H groups in total. The van der Waals surface area contributed by atoms with Crippen LogP contribution in [0.25, 0.3) is 0 Å². The molecule has 3 nitrogen and oxygen atoms in total. The third-order valence-corrected chi connectivity index (χ3v) is 2.19. The predicted molar refractivity (Wildman–Crippen MR) is 51.4 cm³/mol. The van der Waals surface area contributed by atoms with Gasteiger partial charge in [0.2, 0.25) is 0 Å². The third-order valence-electron chi connectivity index (χ3n) is 2.19. The van der Waals surface area contributed by atoms with Crippen molar-refractivity contribution >= 4 is 6.34 Å². The maximum Gasteiger partial charge on any atom is 0.0856 e. The van der Waals surface area contributed by atoms with Crippen LogP contribution in [0.15, 0.2) is 28.5 Å². The summed E-state index contributed by atoms with van der Waals surface area (Å²) in [5, 5.41) is 0. The first-order valence-electron chi connectivity index (χ1n) is 4.09. The number of hydrogen-bond donors (Lipinski definition) is 2. The Morgan fingerprint density at radius 2 is 2.42 bits per heavy atom. The van der Waals surface area contributed by atoms with Crippen LogP contribution in [-0.2, 0) is 0 Å². The van der Waals surface area contributed by atoms with Crippen molar-refractivity contribution in [3.05, 3.63) is 23.5 Å². The van der Waals surface area contributed by atoms with E-state index in [9.17, 15) is 0 Å². The van der Waals surface area contributed by atoms with Crippen LogP contribution in [0.5, 0.6) is 0 Å². The normalized spacial score (nSPS) is 23.9. The second-order valence-electron chi connectivity index (χ2n) is 3.10. The van der Waals surface area contributed by atoms with Gasteiger partial charge in [0.05, 0.1) is 6.34 Å². The molecular formula is C9H15N3. The molecule has 0 amide bonds. The van der Waals surface area contributed by atoms with E-state index in [-0.39, 0.29) is 0 Å². The van der Waals surface area contributed by atoms with Gasteiger partial charge in [0, 0.05) is 11.4 Å². The van der Waals surface area contributed by atoms with Crippen LogP contribution in [0.2, 0.25) is 0 Å². The van der Waals surface area contributed by atoms with E-state index in [4.69, 9.17) is 11.5 Å². The van der Waals surface area contributed by atoms with Crippen LogP contribution in [0, 0.1) is 5.92 Å². The average Bonchev–Trinajstić information content (AvgIpc) is 2.32. The second kappa shape index (κ2) is 3.43. The molecule has 0 bridgehead atoms. The van der Waals surface area contributed by atoms with Crippen LogP contribution in [0.3, 0.4) is 0 Å². The van der Waals surface area contributed by atoms with E-state index in [1.807, 2.05) is 0 Å². The lowest BCUT2D eigenvalue weighted by Gasteiger charge is -2.07. The highest BCUT2D eigenvalue weighted by Gasteiger charge is 2.22. The largest absolute Gasteiger partial charge is 0.399 e. The Labute approximate surface area is 72.8 Å². The fraction of sp³-hybridized carbons (Fsp3) is 0.444.